The maximum Gasteiger partial charge on any atom is 0.341 e. The number of carboxylic acid groups (broad SMARTS) is 1. The Morgan fingerprint density at radius 2 is 2.25 bits per heavy atom. The van der Waals surface area contributed by atoms with E-state index in [1.807, 2.05) is 0 Å². The molecule has 20 heavy (non-hydrogen) atoms. The largest absolute Gasteiger partial charge is 0.481 e. The SMILES string of the molecule is COC(=O)c1cccnc1NCC1(CC(=O)O)CCC1. The third-order valence-electron chi connectivity index (χ3n) is 3.78. The molecule has 108 valence electrons. The fraction of sp³-hybridized carbons (Fsp3) is 0.500. The van der Waals surface area contributed by atoms with Gasteiger partial charge in [0.1, 0.15) is 11.4 Å². The van der Waals surface area contributed by atoms with Crippen molar-refractivity contribution in [3.8, 4) is 0 Å². The van der Waals surface area contributed by atoms with Crippen molar-refractivity contribution in [3.05, 3.63) is 23.9 Å². The van der Waals surface area contributed by atoms with Crippen molar-refractivity contribution < 1.29 is 19.4 Å². The van der Waals surface area contributed by atoms with Gasteiger partial charge < -0.3 is 15.2 Å². The van der Waals surface area contributed by atoms with Crippen LogP contribution in [0.4, 0.5) is 5.82 Å². The lowest BCUT2D eigenvalue weighted by atomic mass is 9.66. The highest BCUT2D eigenvalue weighted by atomic mass is 16.5. The van der Waals surface area contributed by atoms with Gasteiger partial charge in [0.15, 0.2) is 0 Å². The second-order valence-electron chi connectivity index (χ2n) is 5.17. The van der Waals surface area contributed by atoms with Crippen LogP contribution in [-0.2, 0) is 9.53 Å². The molecule has 0 radical (unpaired) electrons. The number of methoxy groups -OCH3 is 1. The molecule has 0 amide bonds. The number of carboxylic acids is 1. The molecule has 0 atom stereocenters. The van der Waals surface area contributed by atoms with Crippen LogP contribution >= 0.6 is 0 Å². The number of aliphatic carboxylic acids is 1. The van der Waals surface area contributed by atoms with E-state index in [9.17, 15) is 9.59 Å². The first-order chi connectivity index (χ1) is 9.56. The topological polar surface area (TPSA) is 88.5 Å². The van der Waals surface area contributed by atoms with Crippen LogP contribution in [0.2, 0.25) is 0 Å². The van der Waals surface area contributed by atoms with E-state index in [0.29, 0.717) is 17.9 Å². The molecule has 1 aliphatic carbocycles. The van der Waals surface area contributed by atoms with Crippen LogP contribution < -0.4 is 5.32 Å². The lowest BCUT2D eigenvalue weighted by Gasteiger charge is -2.41. The number of nitrogens with zero attached hydrogens (tertiary/aromatic N) is 1. The predicted molar refractivity (Wildman–Crippen MR) is 72.6 cm³/mol. The Kier molecular flexibility index (Phi) is 4.22. The first-order valence-electron chi connectivity index (χ1n) is 6.55. The third-order valence-corrected chi connectivity index (χ3v) is 3.78. The molecule has 0 aliphatic heterocycles. The van der Waals surface area contributed by atoms with Crippen molar-refractivity contribution in [1.82, 2.24) is 4.98 Å². The summed E-state index contributed by atoms with van der Waals surface area (Å²) in [6.45, 7) is 0.500. The van der Waals surface area contributed by atoms with E-state index in [-0.39, 0.29) is 11.8 Å². The van der Waals surface area contributed by atoms with E-state index in [0.717, 1.165) is 19.3 Å². The molecule has 0 unspecified atom stereocenters. The first-order valence-corrected chi connectivity index (χ1v) is 6.55. The fourth-order valence-electron chi connectivity index (χ4n) is 2.51. The minimum atomic E-state index is -0.791. The number of rotatable bonds is 6. The highest BCUT2D eigenvalue weighted by Crippen LogP contribution is 2.44. The van der Waals surface area contributed by atoms with E-state index >= 15 is 0 Å². The summed E-state index contributed by atoms with van der Waals surface area (Å²) in [4.78, 5) is 26.7. The zero-order chi connectivity index (χ0) is 14.6. The van der Waals surface area contributed by atoms with Gasteiger partial charge in [0.05, 0.1) is 13.5 Å². The minimum Gasteiger partial charge on any atom is -0.481 e. The van der Waals surface area contributed by atoms with Crippen LogP contribution in [0.15, 0.2) is 18.3 Å². The molecule has 2 rings (SSSR count). The van der Waals surface area contributed by atoms with E-state index < -0.39 is 11.9 Å². The summed E-state index contributed by atoms with van der Waals surface area (Å²) in [5, 5.41) is 12.1. The van der Waals surface area contributed by atoms with Crippen molar-refractivity contribution in [3.63, 3.8) is 0 Å². The van der Waals surface area contributed by atoms with Crippen molar-refractivity contribution in [1.29, 1.82) is 0 Å². The summed E-state index contributed by atoms with van der Waals surface area (Å²) < 4.78 is 4.70. The molecule has 1 fully saturated rings. The average molecular weight is 278 g/mol. The monoisotopic (exact) mass is 278 g/mol. The van der Waals surface area contributed by atoms with Crippen LogP contribution in [-0.4, -0.2) is 35.7 Å². The Balaban J connectivity index is 2.07. The molecule has 1 aliphatic rings. The lowest BCUT2D eigenvalue weighted by molar-refractivity contribution is -0.141. The number of nitrogens with one attached hydrogen (secondary N) is 1. The Morgan fingerprint density at radius 3 is 2.80 bits per heavy atom. The van der Waals surface area contributed by atoms with Gasteiger partial charge in [-0.3, -0.25) is 4.79 Å². The molecule has 6 nitrogen and oxygen atoms in total. The van der Waals surface area contributed by atoms with Gasteiger partial charge in [0.25, 0.3) is 0 Å². The summed E-state index contributed by atoms with van der Waals surface area (Å²) in [5.74, 6) is -0.807. The molecule has 6 heteroatoms. The number of pyridine rings is 1. The molecule has 0 spiro atoms. The maximum atomic E-state index is 11.6. The number of carbonyl (C=O) groups excluding carboxylic acids is 1. The lowest BCUT2D eigenvalue weighted by Crippen LogP contribution is -2.39. The van der Waals surface area contributed by atoms with Crippen LogP contribution in [0, 0.1) is 5.41 Å². The number of carbonyl (C=O) groups is 2. The summed E-state index contributed by atoms with van der Waals surface area (Å²) in [6.07, 6.45) is 4.53. The van der Waals surface area contributed by atoms with Crippen molar-refractivity contribution in [2.45, 2.75) is 25.7 Å². The van der Waals surface area contributed by atoms with Crippen molar-refractivity contribution in [2.24, 2.45) is 5.41 Å². The van der Waals surface area contributed by atoms with Gasteiger partial charge in [-0.1, -0.05) is 6.42 Å². The summed E-state index contributed by atoms with van der Waals surface area (Å²) in [7, 11) is 1.32. The van der Waals surface area contributed by atoms with Crippen LogP contribution in [0.5, 0.6) is 0 Å². The van der Waals surface area contributed by atoms with Crippen molar-refractivity contribution >= 4 is 17.8 Å². The van der Waals surface area contributed by atoms with Gasteiger partial charge in [0.2, 0.25) is 0 Å². The van der Waals surface area contributed by atoms with E-state index in [1.54, 1.807) is 18.3 Å². The maximum absolute atomic E-state index is 11.6. The molecule has 1 heterocycles. The molecule has 1 saturated carbocycles. The Labute approximate surface area is 117 Å². The number of hydrogen-bond acceptors (Lipinski definition) is 5. The van der Waals surface area contributed by atoms with E-state index in [2.05, 4.69) is 10.3 Å². The zero-order valence-electron chi connectivity index (χ0n) is 11.4. The average Bonchev–Trinajstić information content (AvgIpc) is 2.40. The highest BCUT2D eigenvalue weighted by Gasteiger charge is 2.39. The smallest absolute Gasteiger partial charge is 0.341 e. The molecule has 0 saturated heterocycles. The Morgan fingerprint density at radius 1 is 1.50 bits per heavy atom. The van der Waals surface area contributed by atoms with E-state index in [1.165, 1.54) is 7.11 Å². The molecular formula is C14H18N2O4. The Hall–Kier alpha value is -2.11. The first kappa shape index (κ1) is 14.3. The molecular weight excluding hydrogens is 260 g/mol. The summed E-state index contributed by atoms with van der Waals surface area (Å²) in [5.41, 5.74) is 0.135. The number of esters is 1. The molecule has 1 aromatic heterocycles. The van der Waals surface area contributed by atoms with Gasteiger partial charge in [-0.15, -0.1) is 0 Å². The normalized spacial score (nSPS) is 16.1. The highest BCUT2D eigenvalue weighted by molar-refractivity contribution is 5.94. The van der Waals surface area contributed by atoms with Gasteiger partial charge in [-0.2, -0.15) is 0 Å². The van der Waals surface area contributed by atoms with E-state index in [4.69, 9.17) is 9.84 Å². The standard InChI is InChI=1S/C14H18N2O4/c1-20-13(19)10-4-2-7-15-12(10)16-9-14(5-3-6-14)8-11(17)18/h2,4,7H,3,5-6,8-9H2,1H3,(H,15,16)(H,17,18). The molecule has 1 aromatic rings. The summed E-state index contributed by atoms with van der Waals surface area (Å²) in [6, 6.07) is 3.29. The second-order valence-corrected chi connectivity index (χ2v) is 5.17. The predicted octanol–water partition coefficient (Wildman–Crippen LogP) is 1.93. The van der Waals surface area contributed by atoms with Gasteiger partial charge >= 0.3 is 11.9 Å². The van der Waals surface area contributed by atoms with Gasteiger partial charge in [-0.25, -0.2) is 9.78 Å². The number of anilines is 1. The van der Waals surface area contributed by atoms with Crippen LogP contribution in [0.3, 0.4) is 0 Å². The number of hydrogen-bond donors (Lipinski definition) is 2. The number of aromatic nitrogens is 1. The molecule has 2 N–H and O–H groups in total. The van der Waals surface area contributed by atoms with Crippen LogP contribution in [0.25, 0.3) is 0 Å². The third kappa shape index (κ3) is 3.07. The zero-order valence-corrected chi connectivity index (χ0v) is 11.4. The van der Waals surface area contributed by atoms with Crippen molar-refractivity contribution in [2.75, 3.05) is 19.0 Å². The second kappa shape index (κ2) is 5.90. The number of ether oxygens (including phenoxy) is 1. The molecule has 0 aromatic carbocycles. The fourth-order valence-corrected chi connectivity index (χ4v) is 2.51. The van der Waals surface area contributed by atoms with Gasteiger partial charge in [-0.05, 0) is 30.4 Å². The Bertz CT molecular complexity index is 512. The molecule has 0 bridgehead atoms. The summed E-state index contributed by atoms with van der Waals surface area (Å²) >= 11 is 0. The minimum absolute atomic E-state index is 0.139. The van der Waals surface area contributed by atoms with Crippen LogP contribution in [0.1, 0.15) is 36.0 Å². The van der Waals surface area contributed by atoms with Gasteiger partial charge in [0, 0.05) is 12.7 Å². The quantitative estimate of drug-likeness (QED) is 0.773.